The molecule has 34 heavy (non-hydrogen) atoms. The van der Waals surface area contributed by atoms with Crippen LogP contribution in [0.3, 0.4) is 0 Å². The van der Waals surface area contributed by atoms with Crippen molar-refractivity contribution < 1.29 is 23.8 Å². The first kappa shape index (κ1) is 27.9. The predicted molar refractivity (Wildman–Crippen MR) is 140 cm³/mol. The molecule has 0 spiro atoms. The molecule has 0 heterocycles. The van der Waals surface area contributed by atoms with Crippen LogP contribution in [-0.2, 0) is 0 Å². The van der Waals surface area contributed by atoms with Gasteiger partial charge in [0.05, 0.1) is 13.2 Å². The Hall–Kier alpha value is -2.34. The Morgan fingerprint density at radius 2 is 0.824 bits per heavy atom. The summed E-state index contributed by atoms with van der Waals surface area (Å²) in [5.74, 6) is 2.62. The standard InChI is InChI=1S/C28H43BO5/c1-3-5-7-9-11-13-23-31-25-15-19-27(20-16-25)33-29(30)34-28-21-17-26(18-22-28)32-24-14-12-10-8-6-4-2/h15-22,30H,3-14,23-24H2,1-2H3. The highest BCUT2D eigenvalue weighted by Crippen LogP contribution is 2.21. The van der Waals surface area contributed by atoms with Crippen LogP contribution in [0.1, 0.15) is 90.9 Å². The van der Waals surface area contributed by atoms with E-state index in [-0.39, 0.29) is 0 Å². The third kappa shape index (κ3) is 12.8. The quantitative estimate of drug-likeness (QED) is 0.160. The van der Waals surface area contributed by atoms with Gasteiger partial charge in [0.15, 0.2) is 0 Å². The summed E-state index contributed by atoms with van der Waals surface area (Å²) in [7, 11) is -1.40. The van der Waals surface area contributed by atoms with Gasteiger partial charge in [-0.1, -0.05) is 78.1 Å². The van der Waals surface area contributed by atoms with Gasteiger partial charge in [0.2, 0.25) is 0 Å². The second kappa shape index (κ2) is 18.1. The minimum Gasteiger partial charge on any atom is -0.501 e. The van der Waals surface area contributed by atoms with Crippen molar-refractivity contribution >= 4 is 7.32 Å². The summed E-state index contributed by atoms with van der Waals surface area (Å²) in [6.45, 7) is 5.90. The van der Waals surface area contributed by atoms with E-state index in [0.29, 0.717) is 11.5 Å². The molecule has 0 radical (unpaired) electrons. The second-order valence-electron chi connectivity index (χ2n) is 8.72. The van der Waals surface area contributed by atoms with Gasteiger partial charge in [0.1, 0.15) is 23.0 Å². The zero-order valence-corrected chi connectivity index (χ0v) is 21.2. The van der Waals surface area contributed by atoms with E-state index in [1.54, 1.807) is 24.3 Å². The maximum atomic E-state index is 10.1. The molecule has 0 amide bonds. The van der Waals surface area contributed by atoms with Gasteiger partial charge in [0.25, 0.3) is 0 Å². The molecule has 2 rings (SSSR count). The van der Waals surface area contributed by atoms with E-state index in [9.17, 15) is 5.02 Å². The average molecular weight is 470 g/mol. The van der Waals surface area contributed by atoms with Crippen LogP contribution in [0.2, 0.25) is 0 Å². The van der Waals surface area contributed by atoms with E-state index in [1.165, 1.54) is 64.2 Å². The summed E-state index contributed by atoms with van der Waals surface area (Å²) in [5.41, 5.74) is 0. The lowest BCUT2D eigenvalue weighted by molar-refractivity contribution is 0.292. The Kier molecular flexibility index (Phi) is 14.8. The van der Waals surface area contributed by atoms with Crippen molar-refractivity contribution in [2.24, 2.45) is 0 Å². The molecule has 1 N–H and O–H groups in total. The van der Waals surface area contributed by atoms with Crippen LogP contribution in [0, 0.1) is 0 Å². The molecule has 6 heteroatoms. The van der Waals surface area contributed by atoms with Crippen LogP contribution < -0.4 is 18.8 Å². The van der Waals surface area contributed by atoms with Crippen LogP contribution >= 0.6 is 0 Å². The van der Waals surface area contributed by atoms with Gasteiger partial charge in [-0.2, -0.15) is 0 Å². The topological polar surface area (TPSA) is 57.2 Å². The third-order valence-corrected chi connectivity index (χ3v) is 5.65. The van der Waals surface area contributed by atoms with Crippen molar-refractivity contribution in [3.8, 4) is 23.0 Å². The zero-order valence-electron chi connectivity index (χ0n) is 21.2. The van der Waals surface area contributed by atoms with E-state index in [2.05, 4.69) is 13.8 Å². The van der Waals surface area contributed by atoms with Gasteiger partial charge >= 0.3 is 7.32 Å². The van der Waals surface area contributed by atoms with Gasteiger partial charge < -0.3 is 23.8 Å². The summed E-state index contributed by atoms with van der Waals surface area (Å²) in [6, 6.07) is 14.4. The van der Waals surface area contributed by atoms with Crippen molar-refractivity contribution in [2.75, 3.05) is 13.2 Å². The van der Waals surface area contributed by atoms with Crippen molar-refractivity contribution in [3.63, 3.8) is 0 Å². The fourth-order valence-electron chi connectivity index (χ4n) is 3.63. The molecule has 5 nitrogen and oxygen atoms in total. The summed E-state index contributed by atoms with van der Waals surface area (Å²) >= 11 is 0. The van der Waals surface area contributed by atoms with E-state index in [1.807, 2.05) is 24.3 Å². The van der Waals surface area contributed by atoms with E-state index < -0.39 is 7.32 Å². The molecule has 188 valence electrons. The van der Waals surface area contributed by atoms with E-state index in [0.717, 1.165) is 37.6 Å². The smallest absolute Gasteiger partial charge is 0.501 e. The fourth-order valence-corrected chi connectivity index (χ4v) is 3.63. The minimum absolute atomic E-state index is 0.512. The van der Waals surface area contributed by atoms with Crippen molar-refractivity contribution in [3.05, 3.63) is 48.5 Å². The normalized spacial score (nSPS) is 10.7. The molecular weight excluding hydrogens is 427 g/mol. The lowest BCUT2D eigenvalue weighted by Crippen LogP contribution is -2.29. The number of unbranched alkanes of at least 4 members (excludes halogenated alkanes) is 10. The monoisotopic (exact) mass is 470 g/mol. The number of benzene rings is 2. The number of hydrogen-bond donors (Lipinski definition) is 1. The zero-order chi connectivity index (χ0) is 24.3. The van der Waals surface area contributed by atoms with Gasteiger partial charge in [-0.15, -0.1) is 0 Å². The first-order valence-corrected chi connectivity index (χ1v) is 13.2. The van der Waals surface area contributed by atoms with Crippen LogP contribution in [0.4, 0.5) is 0 Å². The summed E-state index contributed by atoms with van der Waals surface area (Å²) in [5, 5.41) is 10.1. The molecule has 0 fully saturated rings. The van der Waals surface area contributed by atoms with Gasteiger partial charge in [-0.3, -0.25) is 0 Å². The Morgan fingerprint density at radius 3 is 1.21 bits per heavy atom. The Morgan fingerprint density at radius 1 is 0.500 bits per heavy atom. The van der Waals surface area contributed by atoms with Crippen LogP contribution in [0.5, 0.6) is 23.0 Å². The van der Waals surface area contributed by atoms with E-state index in [4.69, 9.17) is 18.8 Å². The number of hydrogen-bond acceptors (Lipinski definition) is 5. The minimum atomic E-state index is -1.40. The first-order valence-electron chi connectivity index (χ1n) is 13.2. The Labute approximate surface area is 207 Å². The van der Waals surface area contributed by atoms with Crippen LogP contribution in [0.15, 0.2) is 48.5 Å². The molecule has 0 aromatic heterocycles. The molecule has 0 unspecified atom stereocenters. The Bertz CT molecular complexity index is 672. The second-order valence-corrected chi connectivity index (χ2v) is 8.72. The number of ether oxygens (including phenoxy) is 2. The van der Waals surface area contributed by atoms with Gasteiger partial charge in [-0.05, 0) is 61.4 Å². The maximum absolute atomic E-state index is 10.1. The van der Waals surface area contributed by atoms with Crippen molar-refractivity contribution in [1.82, 2.24) is 0 Å². The molecule has 0 saturated carbocycles. The summed E-state index contributed by atoms with van der Waals surface area (Å²) in [4.78, 5) is 0. The van der Waals surface area contributed by atoms with E-state index >= 15 is 0 Å². The average Bonchev–Trinajstić information content (AvgIpc) is 2.85. The molecule has 0 saturated heterocycles. The highest BCUT2D eigenvalue weighted by molar-refractivity contribution is 6.36. The molecular formula is C28H43BO5. The fraction of sp³-hybridized carbons (Fsp3) is 0.571. The third-order valence-electron chi connectivity index (χ3n) is 5.65. The first-order chi connectivity index (χ1) is 16.7. The molecule has 2 aromatic rings. The summed E-state index contributed by atoms with van der Waals surface area (Å²) in [6.07, 6.45) is 14.9. The highest BCUT2D eigenvalue weighted by atomic mass is 16.7. The van der Waals surface area contributed by atoms with Gasteiger partial charge in [-0.25, -0.2) is 0 Å². The highest BCUT2D eigenvalue weighted by Gasteiger charge is 2.21. The van der Waals surface area contributed by atoms with Crippen molar-refractivity contribution in [2.45, 2.75) is 90.9 Å². The molecule has 0 bridgehead atoms. The molecule has 2 aromatic carbocycles. The molecule has 0 atom stereocenters. The molecule has 0 aliphatic rings. The summed E-state index contributed by atoms with van der Waals surface area (Å²) < 4.78 is 22.5. The van der Waals surface area contributed by atoms with Gasteiger partial charge in [0, 0.05) is 0 Å². The lowest BCUT2D eigenvalue weighted by Gasteiger charge is -2.12. The Balaban J connectivity index is 1.61. The van der Waals surface area contributed by atoms with Crippen LogP contribution in [0.25, 0.3) is 0 Å². The molecule has 0 aliphatic heterocycles. The predicted octanol–water partition coefficient (Wildman–Crippen LogP) is 7.60. The lowest BCUT2D eigenvalue weighted by atomic mass is 10.1. The van der Waals surface area contributed by atoms with Crippen LogP contribution in [-0.4, -0.2) is 25.6 Å². The van der Waals surface area contributed by atoms with Crippen molar-refractivity contribution in [1.29, 1.82) is 0 Å². The largest absolute Gasteiger partial charge is 0.785 e. The molecule has 0 aliphatic carbocycles. The maximum Gasteiger partial charge on any atom is 0.785 e. The SMILES string of the molecule is CCCCCCCCOc1ccc(OB(O)Oc2ccc(OCCCCCCCC)cc2)cc1. The number of rotatable bonds is 20.